The molecule has 0 spiro atoms. The zero-order chi connectivity index (χ0) is 20.6. The number of hydrogen-bond donors (Lipinski definition) is 3. The number of hydrogen-bond acceptors (Lipinski definition) is 4. The first-order valence-corrected chi connectivity index (χ1v) is 9.53. The highest BCUT2D eigenvalue weighted by Gasteiger charge is 2.31. The third kappa shape index (κ3) is 3.93. The van der Waals surface area contributed by atoms with Crippen molar-refractivity contribution in [2.75, 3.05) is 6.54 Å². The minimum absolute atomic E-state index is 0.138. The first-order chi connectivity index (χ1) is 13.8. The summed E-state index contributed by atoms with van der Waals surface area (Å²) in [6.45, 7) is 0.546. The third-order valence-electron chi connectivity index (χ3n) is 4.55. The van der Waals surface area contributed by atoms with Gasteiger partial charge in [0.25, 0.3) is 11.8 Å². The van der Waals surface area contributed by atoms with Crippen LogP contribution in [0.1, 0.15) is 33.6 Å². The molecule has 150 valence electrons. The maximum Gasteiger partial charge on any atom is 0.416 e. The van der Waals surface area contributed by atoms with E-state index in [4.69, 9.17) is 0 Å². The van der Waals surface area contributed by atoms with Gasteiger partial charge in [-0.25, -0.2) is 0 Å². The molecule has 1 aromatic carbocycles. The molecule has 0 unspecified atom stereocenters. The Balaban J connectivity index is 1.55. The van der Waals surface area contributed by atoms with Crippen LogP contribution < -0.4 is 10.6 Å². The number of carbonyl (C=O) groups is 2. The first-order valence-electron chi connectivity index (χ1n) is 8.72. The van der Waals surface area contributed by atoms with Crippen LogP contribution in [0.15, 0.2) is 46.4 Å². The number of aromatic nitrogens is 1. The predicted octanol–water partition coefficient (Wildman–Crippen LogP) is 3.30. The molecule has 2 aliphatic rings. The number of rotatable bonds is 2. The number of H-pyrrole nitrogens is 1. The number of nitrogens with zero attached hydrogens (tertiary/aromatic N) is 1. The molecule has 2 aromatic rings. The third-order valence-corrected chi connectivity index (χ3v) is 5.61. The van der Waals surface area contributed by atoms with E-state index >= 15 is 0 Å². The Hall–Kier alpha value is -3.01. The highest BCUT2D eigenvalue weighted by atomic mass is 32.2. The summed E-state index contributed by atoms with van der Waals surface area (Å²) in [7, 11) is 0. The normalized spacial score (nSPS) is 21.0. The maximum atomic E-state index is 12.6. The molecule has 2 amide bonds. The SMILES string of the molecule is O=C1NC(=NCc2ccc(C(F)(F)F)cc2)S/C1=C1/CCNC(=O)c2[nH]ccc21. The van der Waals surface area contributed by atoms with Crippen LogP contribution in [0.2, 0.25) is 0 Å². The molecule has 0 atom stereocenters. The van der Waals surface area contributed by atoms with Crippen molar-refractivity contribution >= 4 is 34.3 Å². The average Bonchev–Trinajstić information content (AvgIpc) is 3.27. The van der Waals surface area contributed by atoms with E-state index in [0.29, 0.717) is 39.9 Å². The van der Waals surface area contributed by atoms with Crippen LogP contribution in [0, 0.1) is 0 Å². The second-order valence-corrected chi connectivity index (χ2v) is 7.45. The standard InChI is InChI=1S/C19H15F3N4O2S/c20-19(21,22)11-3-1-10(2-4-11)9-25-18-26-17(28)15(29-18)13-6-8-24-16(27)14-12(13)5-7-23-14/h1-5,7,23H,6,8-9H2,(H,24,27)(H,25,26,28)/b15-13-. The number of amidine groups is 1. The molecule has 4 rings (SSSR count). The Kier molecular flexibility index (Phi) is 4.95. The van der Waals surface area contributed by atoms with E-state index < -0.39 is 11.7 Å². The Morgan fingerprint density at radius 1 is 1.07 bits per heavy atom. The maximum absolute atomic E-state index is 12.6. The van der Waals surface area contributed by atoms with Crippen molar-refractivity contribution in [3.8, 4) is 0 Å². The van der Waals surface area contributed by atoms with Crippen LogP contribution >= 0.6 is 11.8 Å². The Bertz CT molecular complexity index is 1040. The minimum Gasteiger partial charge on any atom is -0.357 e. The van der Waals surface area contributed by atoms with Crippen LogP contribution in [0.25, 0.3) is 5.57 Å². The molecule has 1 aromatic heterocycles. The number of nitrogens with one attached hydrogen (secondary N) is 3. The van der Waals surface area contributed by atoms with Gasteiger partial charge in [-0.3, -0.25) is 14.6 Å². The lowest BCUT2D eigenvalue weighted by Crippen LogP contribution is -2.22. The monoisotopic (exact) mass is 420 g/mol. The van der Waals surface area contributed by atoms with Gasteiger partial charge in [-0.2, -0.15) is 13.2 Å². The highest BCUT2D eigenvalue weighted by molar-refractivity contribution is 8.18. The second-order valence-electron chi connectivity index (χ2n) is 6.45. The van der Waals surface area contributed by atoms with Gasteiger partial charge in [-0.1, -0.05) is 12.1 Å². The zero-order valence-corrected chi connectivity index (χ0v) is 15.7. The molecule has 0 bridgehead atoms. The summed E-state index contributed by atoms with van der Waals surface area (Å²) < 4.78 is 37.9. The smallest absolute Gasteiger partial charge is 0.357 e. The number of fused-ring (bicyclic) bond motifs is 1. The summed E-state index contributed by atoms with van der Waals surface area (Å²) in [4.78, 5) is 32.2. The number of amides is 2. The van der Waals surface area contributed by atoms with Gasteiger partial charge in [0.2, 0.25) is 0 Å². The molecule has 1 saturated heterocycles. The number of benzene rings is 1. The number of thioether (sulfide) groups is 1. The van der Waals surface area contributed by atoms with Crippen molar-refractivity contribution in [1.29, 1.82) is 0 Å². The largest absolute Gasteiger partial charge is 0.416 e. The summed E-state index contributed by atoms with van der Waals surface area (Å²) in [5.74, 6) is -0.530. The van der Waals surface area contributed by atoms with Crippen molar-refractivity contribution < 1.29 is 22.8 Å². The Labute approximate surface area is 167 Å². The van der Waals surface area contributed by atoms with Crippen LogP contribution in [-0.4, -0.2) is 28.5 Å². The van der Waals surface area contributed by atoms with Crippen molar-refractivity contribution in [2.24, 2.45) is 4.99 Å². The van der Waals surface area contributed by atoms with Gasteiger partial charge in [0.1, 0.15) is 5.69 Å². The van der Waals surface area contributed by atoms with Gasteiger partial charge in [0.15, 0.2) is 5.17 Å². The summed E-state index contributed by atoms with van der Waals surface area (Å²) in [5.41, 5.74) is 1.72. The number of halogens is 3. The zero-order valence-electron chi connectivity index (χ0n) is 14.9. The van der Waals surface area contributed by atoms with E-state index in [1.807, 2.05) is 0 Å². The molecule has 1 fully saturated rings. The van der Waals surface area contributed by atoms with Crippen molar-refractivity contribution in [3.63, 3.8) is 0 Å². The lowest BCUT2D eigenvalue weighted by Gasteiger charge is -2.06. The molecule has 10 heteroatoms. The fourth-order valence-electron chi connectivity index (χ4n) is 3.12. The highest BCUT2D eigenvalue weighted by Crippen LogP contribution is 2.36. The van der Waals surface area contributed by atoms with Crippen LogP contribution in [0.5, 0.6) is 0 Å². The lowest BCUT2D eigenvalue weighted by atomic mass is 10.0. The minimum atomic E-state index is -4.38. The Morgan fingerprint density at radius 3 is 2.55 bits per heavy atom. The van der Waals surface area contributed by atoms with Gasteiger partial charge in [0.05, 0.1) is 17.0 Å². The molecule has 0 aliphatic carbocycles. The molecule has 0 radical (unpaired) electrons. The average molecular weight is 420 g/mol. The van der Waals surface area contributed by atoms with E-state index in [2.05, 4.69) is 20.6 Å². The van der Waals surface area contributed by atoms with Crippen molar-refractivity contribution in [2.45, 2.75) is 19.1 Å². The van der Waals surface area contributed by atoms with Gasteiger partial charge in [-0.05, 0) is 47.5 Å². The van der Waals surface area contributed by atoms with Crippen molar-refractivity contribution in [1.82, 2.24) is 15.6 Å². The van der Waals surface area contributed by atoms with E-state index in [9.17, 15) is 22.8 Å². The summed E-state index contributed by atoms with van der Waals surface area (Å²) in [5, 5.41) is 5.83. The molecule has 29 heavy (non-hydrogen) atoms. The molecule has 3 heterocycles. The fraction of sp³-hybridized carbons (Fsp3) is 0.211. The number of aromatic amines is 1. The van der Waals surface area contributed by atoms with Crippen LogP contribution in [0.3, 0.4) is 0 Å². The van der Waals surface area contributed by atoms with Crippen LogP contribution in [0.4, 0.5) is 13.2 Å². The van der Waals surface area contributed by atoms with Gasteiger partial charge >= 0.3 is 6.18 Å². The topological polar surface area (TPSA) is 86.3 Å². The first kappa shape index (κ1) is 19.3. The number of carbonyl (C=O) groups excluding carboxylic acids is 2. The van der Waals surface area contributed by atoms with Crippen molar-refractivity contribution in [3.05, 3.63) is 63.8 Å². The molecule has 2 aliphatic heterocycles. The summed E-state index contributed by atoms with van der Waals surface area (Å²) in [6, 6.07) is 6.50. The second kappa shape index (κ2) is 7.43. The quantitative estimate of drug-likeness (QED) is 0.652. The van der Waals surface area contributed by atoms with Gasteiger partial charge in [-0.15, -0.1) is 0 Å². The Morgan fingerprint density at radius 2 is 1.83 bits per heavy atom. The van der Waals surface area contributed by atoms with E-state index in [1.165, 1.54) is 23.9 Å². The van der Waals surface area contributed by atoms with Gasteiger partial charge < -0.3 is 15.6 Å². The fourth-order valence-corrected chi connectivity index (χ4v) is 4.07. The molecule has 0 saturated carbocycles. The lowest BCUT2D eigenvalue weighted by molar-refractivity contribution is -0.137. The summed E-state index contributed by atoms with van der Waals surface area (Å²) >= 11 is 1.17. The van der Waals surface area contributed by atoms with Gasteiger partial charge in [0, 0.05) is 18.3 Å². The summed E-state index contributed by atoms with van der Waals surface area (Å²) in [6.07, 6.45) is -2.24. The number of aliphatic imine (C=N–C) groups is 1. The number of alkyl halides is 3. The van der Waals surface area contributed by atoms with E-state index in [1.54, 1.807) is 12.3 Å². The van der Waals surface area contributed by atoms with E-state index in [0.717, 1.165) is 17.7 Å². The van der Waals surface area contributed by atoms with E-state index in [-0.39, 0.29) is 18.4 Å². The predicted molar refractivity (Wildman–Crippen MR) is 103 cm³/mol. The molecule has 6 nitrogen and oxygen atoms in total. The van der Waals surface area contributed by atoms with Crippen LogP contribution in [-0.2, 0) is 17.5 Å². The molecular formula is C19H15F3N4O2S. The molecule has 3 N–H and O–H groups in total. The molecular weight excluding hydrogens is 405 g/mol.